The summed E-state index contributed by atoms with van der Waals surface area (Å²) in [5.41, 5.74) is 1.76. The Balaban J connectivity index is 1.69. The van der Waals surface area contributed by atoms with E-state index in [-0.39, 0.29) is 42.4 Å². The quantitative estimate of drug-likeness (QED) is 0.872. The monoisotopic (exact) mass is 362 g/mol. The first-order valence-corrected chi connectivity index (χ1v) is 9.13. The van der Waals surface area contributed by atoms with Crippen LogP contribution in [0.4, 0.5) is 8.78 Å². The van der Waals surface area contributed by atoms with Crippen molar-refractivity contribution in [2.75, 3.05) is 0 Å². The molecule has 0 aromatic heterocycles. The topological polar surface area (TPSA) is 49.4 Å². The Morgan fingerprint density at radius 1 is 1.31 bits per heavy atom. The van der Waals surface area contributed by atoms with E-state index < -0.39 is 11.6 Å². The number of carbonyl (C=O) groups is 2. The molecule has 140 valence electrons. The lowest BCUT2D eigenvalue weighted by Crippen LogP contribution is -2.41. The number of hydrogen-bond donors (Lipinski definition) is 1. The van der Waals surface area contributed by atoms with E-state index in [1.165, 1.54) is 0 Å². The van der Waals surface area contributed by atoms with E-state index in [0.29, 0.717) is 5.57 Å². The summed E-state index contributed by atoms with van der Waals surface area (Å²) in [6.07, 6.45) is 3.90. The van der Waals surface area contributed by atoms with E-state index in [1.807, 2.05) is 18.7 Å². The van der Waals surface area contributed by atoms with Gasteiger partial charge in [0.2, 0.25) is 5.91 Å². The molecule has 2 amide bonds. The summed E-state index contributed by atoms with van der Waals surface area (Å²) in [6.45, 7) is 3.87. The molecule has 1 aliphatic carbocycles. The van der Waals surface area contributed by atoms with Gasteiger partial charge < -0.3 is 10.2 Å². The molecule has 4 nitrogen and oxygen atoms in total. The van der Waals surface area contributed by atoms with Crippen molar-refractivity contribution in [3.05, 3.63) is 46.5 Å². The van der Waals surface area contributed by atoms with Crippen LogP contribution in [-0.2, 0) is 16.1 Å². The smallest absolute Gasteiger partial charge is 0.251 e. The molecule has 0 saturated heterocycles. The van der Waals surface area contributed by atoms with Gasteiger partial charge in [0.05, 0.1) is 12.5 Å². The van der Waals surface area contributed by atoms with E-state index in [9.17, 15) is 18.4 Å². The highest BCUT2D eigenvalue weighted by atomic mass is 19.1. The van der Waals surface area contributed by atoms with Crippen molar-refractivity contribution in [2.24, 2.45) is 0 Å². The predicted molar refractivity (Wildman–Crippen MR) is 94.1 cm³/mol. The van der Waals surface area contributed by atoms with Crippen LogP contribution in [0.15, 0.2) is 29.3 Å². The van der Waals surface area contributed by atoms with Gasteiger partial charge in [-0.15, -0.1) is 0 Å². The summed E-state index contributed by atoms with van der Waals surface area (Å²) >= 11 is 0. The van der Waals surface area contributed by atoms with Crippen molar-refractivity contribution < 1.29 is 18.4 Å². The summed E-state index contributed by atoms with van der Waals surface area (Å²) in [5.74, 6) is -1.53. The molecule has 0 spiro atoms. The summed E-state index contributed by atoms with van der Waals surface area (Å²) in [7, 11) is 0. The SMILES string of the molecule is CC(C)N1C(=O)C(CC(=O)NCc2cc(F)ccc2F)=C2CCCCC21. The van der Waals surface area contributed by atoms with Crippen LogP contribution >= 0.6 is 0 Å². The third kappa shape index (κ3) is 3.64. The van der Waals surface area contributed by atoms with Gasteiger partial charge in [-0.1, -0.05) is 6.42 Å². The number of halogens is 2. The molecular weight excluding hydrogens is 338 g/mol. The van der Waals surface area contributed by atoms with Gasteiger partial charge in [0, 0.05) is 23.7 Å². The third-order valence-electron chi connectivity index (χ3n) is 5.17. The predicted octanol–water partition coefficient (Wildman–Crippen LogP) is 3.46. The first-order valence-electron chi connectivity index (χ1n) is 9.13. The standard InChI is InChI=1S/C20H24F2N2O2/c1-12(2)24-18-6-4-3-5-15(18)16(20(24)26)10-19(25)23-11-13-9-14(21)7-8-17(13)22/h7-9,12,18H,3-6,10-11H2,1-2H3,(H,23,25). The van der Waals surface area contributed by atoms with E-state index in [1.54, 1.807) is 0 Å². The first-order chi connectivity index (χ1) is 12.4. The van der Waals surface area contributed by atoms with Gasteiger partial charge in [-0.3, -0.25) is 9.59 Å². The molecule has 1 saturated carbocycles. The molecule has 0 radical (unpaired) electrons. The minimum Gasteiger partial charge on any atom is -0.352 e. The second kappa shape index (κ2) is 7.56. The van der Waals surface area contributed by atoms with Gasteiger partial charge in [-0.25, -0.2) is 8.78 Å². The summed E-state index contributed by atoms with van der Waals surface area (Å²) < 4.78 is 26.9. The van der Waals surface area contributed by atoms with Crippen LogP contribution in [0.1, 0.15) is 51.5 Å². The minimum atomic E-state index is -0.566. The highest BCUT2D eigenvalue weighted by Gasteiger charge is 2.41. The Labute approximate surface area is 152 Å². The molecular formula is C20H24F2N2O2. The van der Waals surface area contributed by atoms with Gasteiger partial charge in [-0.05, 0) is 56.9 Å². The molecule has 26 heavy (non-hydrogen) atoms. The van der Waals surface area contributed by atoms with Crippen LogP contribution in [0, 0.1) is 11.6 Å². The highest BCUT2D eigenvalue weighted by Crippen LogP contribution is 2.38. The number of nitrogens with zero attached hydrogens (tertiary/aromatic N) is 1. The zero-order valence-corrected chi connectivity index (χ0v) is 15.1. The Kier molecular flexibility index (Phi) is 5.39. The molecule has 3 rings (SSSR count). The third-order valence-corrected chi connectivity index (χ3v) is 5.17. The average Bonchev–Trinajstić information content (AvgIpc) is 2.88. The largest absolute Gasteiger partial charge is 0.352 e. The number of rotatable bonds is 5. The zero-order chi connectivity index (χ0) is 18.8. The van der Waals surface area contributed by atoms with Crippen molar-refractivity contribution >= 4 is 11.8 Å². The van der Waals surface area contributed by atoms with Crippen molar-refractivity contribution in [3.63, 3.8) is 0 Å². The highest BCUT2D eigenvalue weighted by molar-refractivity contribution is 6.02. The van der Waals surface area contributed by atoms with Crippen LogP contribution in [0.25, 0.3) is 0 Å². The number of nitrogens with one attached hydrogen (secondary N) is 1. The van der Waals surface area contributed by atoms with Gasteiger partial charge in [0.25, 0.3) is 5.91 Å². The lowest BCUT2D eigenvalue weighted by Gasteiger charge is -2.33. The normalized spacial score (nSPS) is 20.0. The zero-order valence-electron chi connectivity index (χ0n) is 15.1. The van der Waals surface area contributed by atoms with Gasteiger partial charge in [0.15, 0.2) is 0 Å². The number of carbonyl (C=O) groups excluding carboxylic acids is 2. The van der Waals surface area contributed by atoms with Gasteiger partial charge >= 0.3 is 0 Å². The lowest BCUT2D eigenvalue weighted by molar-refractivity contribution is -0.130. The van der Waals surface area contributed by atoms with Crippen molar-refractivity contribution in [2.45, 2.75) is 64.6 Å². The maximum atomic E-state index is 13.7. The molecule has 0 bridgehead atoms. The summed E-state index contributed by atoms with van der Waals surface area (Å²) in [4.78, 5) is 27.0. The van der Waals surface area contributed by atoms with Crippen molar-refractivity contribution in [1.29, 1.82) is 0 Å². The minimum absolute atomic E-state index is 0.00911. The van der Waals surface area contributed by atoms with E-state index >= 15 is 0 Å². The van der Waals surface area contributed by atoms with Crippen molar-refractivity contribution in [1.82, 2.24) is 10.2 Å². The molecule has 1 heterocycles. The molecule has 1 aromatic rings. The van der Waals surface area contributed by atoms with Crippen LogP contribution in [-0.4, -0.2) is 28.8 Å². The Morgan fingerprint density at radius 3 is 2.81 bits per heavy atom. The number of amides is 2. The number of benzene rings is 1. The van der Waals surface area contributed by atoms with Crippen LogP contribution in [0.5, 0.6) is 0 Å². The lowest BCUT2D eigenvalue weighted by atomic mass is 9.88. The molecule has 6 heteroatoms. The maximum Gasteiger partial charge on any atom is 0.251 e. The molecule has 1 atom stereocenters. The number of hydrogen-bond acceptors (Lipinski definition) is 2. The second-order valence-electron chi connectivity index (χ2n) is 7.26. The average molecular weight is 362 g/mol. The fraction of sp³-hybridized carbons (Fsp3) is 0.500. The Bertz CT molecular complexity index is 758. The second-order valence-corrected chi connectivity index (χ2v) is 7.26. The fourth-order valence-electron chi connectivity index (χ4n) is 3.97. The fourth-order valence-corrected chi connectivity index (χ4v) is 3.97. The van der Waals surface area contributed by atoms with Crippen molar-refractivity contribution in [3.8, 4) is 0 Å². The van der Waals surface area contributed by atoms with Gasteiger partial charge in [0.1, 0.15) is 11.6 Å². The van der Waals surface area contributed by atoms with Crippen LogP contribution in [0.3, 0.4) is 0 Å². The van der Waals surface area contributed by atoms with E-state index in [4.69, 9.17) is 0 Å². The summed E-state index contributed by atoms with van der Waals surface area (Å²) in [6, 6.07) is 3.33. The maximum absolute atomic E-state index is 13.7. The Hall–Kier alpha value is -2.24. The molecule has 1 aromatic carbocycles. The molecule has 2 aliphatic rings. The van der Waals surface area contributed by atoms with Gasteiger partial charge in [-0.2, -0.15) is 0 Å². The Morgan fingerprint density at radius 2 is 2.08 bits per heavy atom. The number of fused-ring (bicyclic) bond motifs is 1. The summed E-state index contributed by atoms with van der Waals surface area (Å²) in [5, 5.41) is 2.60. The van der Waals surface area contributed by atoms with Crippen LogP contribution in [0.2, 0.25) is 0 Å². The molecule has 1 aliphatic heterocycles. The van der Waals surface area contributed by atoms with Crippen LogP contribution < -0.4 is 5.32 Å². The molecule has 1 unspecified atom stereocenters. The first kappa shape index (κ1) is 18.5. The van der Waals surface area contributed by atoms with E-state index in [0.717, 1.165) is 49.5 Å². The molecule has 1 fully saturated rings. The van der Waals surface area contributed by atoms with E-state index in [2.05, 4.69) is 5.32 Å². The molecule has 1 N–H and O–H groups in total.